The molecule has 5 rings (SSSR count). The summed E-state index contributed by atoms with van der Waals surface area (Å²) in [6.07, 6.45) is 5.09. The van der Waals surface area contributed by atoms with Gasteiger partial charge in [-0.05, 0) is 95.1 Å². The van der Waals surface area contributed by atoms with Crippen LogP contribution < -0.4 is 0 Å². The molecule has 5 heterocycles. The third-order valence-electron chi connectivity index (χ3n) is 14.6. The number of carboxylic acid groups (broad SMARTS) is 1. The van der Waals surface area contributed by atoms with Gasteiger partial charge >= 0.3 is 5.97 Å². The molecular weight excluding hydrogens is 692 g/mol. The maximum Gasteiger partial charge on any atom is 0.309 e. The van der Waals surface area contributed by atoms with E-state index in [0.29, 0.717) is 51.4 Å². The fourth-order valence-corrected chi connectivity index (χ4v) is 10.8. The summed E-state index contributed by atoms with van der Waals surface area (Å²) >= 11 is 0. The van der Waals surface area contributed by atoms with Crippen molar-refractivity contribution >= 4 is 17.5 Å². The van der Waals surface area contributed by atoms with Crippen LogP contribution in [0.4, 0.5) is 0 Å². The number of aliphatic hydroxyl groups is 2. The van der Waals surface area contributed by atoms with Crippen molar-refractivity contribution in [3.63, 3.8) is 0 Å². The van der Waals surface area contributed by atoms with Crippen molar-refractivity contribution in [2.75, 3.05) is 0 Å². The van der Waals surface area contributed by atoms with Gasteiger partial charge in [0.2, 0.25) is 11.6 Å². The van der Waals surface area contributed by atoms with E-state index in [1.807, 2.05) is 55.4 Å². The summed E-state index contributed by atoms with van der Waals surface area (Å²) in [7, 11) is 0. The van der Waals surface area contributed by atoms with E-state index in [2.05, 4.69) is 13.8 Å². The van der Waals surface area contributed by atoms with Gasteiger partial charge in [-0.3, -0.25) is 14.4 Å². The Morgan fingerprint density at radius 3 is 2.09 bits per heavy atom. The van der Waals surface area contributed by atoms with Crippen molar-refractivity contribution in [2.24, 2.45) is 47.3 Å². The summed E-state index contributed by atoms with van der Waals surface area (Å²) in [6.45, 7) is 21.5. The molecule has 3 N–H and O–H groups in total. The van der Waals surface area contributed by atoms with Crippen molar-refractivity contribution in [3.8, 4) is 0 Å². The van der Waals surface area contributed by atoms with Crippen LogP contribution in [-0.4, -0.2) is 92.3 Å². The van der Waals surface area contributed by atoms with Crippen LogP contribution in [0.15, 0.2) is 12.2 Å². The zero-order chi connectivity index (χ0) is 40.1. The van der Waals surface area contributed by atoms with Crippen LogP contribution in [0.25, 0.3) is 0 Å². The number of carbonyl (C=O) groups excluding carboxylic acids is 2. The summed E-state index contributed by atoms with van der Waals surface area (Å²) < 4.78 is 33.3. The largest absolute Gasteiger partial charge is 0.481 e. The van der Waals surface area contributed by atoms with Crippen LogP contribution in [0.1, 0.15) is 134 Å². The number of rotatable bonds is 12. The van der Waals surface area contributed by atoms with E-state index >= 15 is 0 Å². The van der Waals surface area contributed by atoms with Gasteiger partial charge in [0, 0.05) is 30.1 Å². The highest BCUT2D eigenvalue weighted by Gasteiger charge is 2.63. The molecule has 18 atom stereocenters. The first-order valence-electron chi connectivity index (χ1n) is 21.0. The Hall–Kier alpha value is -1.73. The van der Waals surface area contributed by atoms with Gasteiger partial charge in [0.25, 0.3) is 0 Å². The van der Waals surface area contributed by atoms with E-state index in [0.717, 1.165) is 6.42 Å². The number of Topliss-reactive ketones (excluding diaryl/α,β-unsaturated/α-hetero) is 1. The van der Waals surface area contributed by atoms with E-state index in [1.54, 1.807) is 13.0 Å². The predicted octanol–water partition coefficient (Wildman–Crippen LogP) is 6.64. The SMILES string of the molecule is CCC(C(=O)O)C1OC(C(C)C(O)C(C)C(=O)C(CC)C2OC3(C=CC(=O)C4(CCC(C)(C5CCC(O)(CC)C(C)O5)O4)O3)C(C)CC2C)C(C)CC1C. The number of hydrogen-bond acceptors (Lipinski definition) is 10. The molecule has 308 valence electrons. The predicted molar refractivity (Wildman–Crippen MR) is 202 cm³/mol. The lowest BCUT2D eigenvalue weighted by atomic mass is 9.72. The highest BCUT2D eigenvalue weighted by Crippen LogP contribution is 2.53. The fraction of sp³-hybridized carbons (Fsp3) is 0.884. The number of ether oxygens (including phenoxy) is 5. The lowest BCUT2D eigenvalue weighted by Gasteiger charge is -2.53. The second kappa shape index (κ2) is 16.3. The summed E-state index contributed by atoms with van der Waals surface area (Å²) in [6, 6.07) is 0. The monoisotopic (exact) mass is 762 g/mol. The highest BCUT2D eigenvalue weighted by atomic mass is 16.8. The third kappa shape index (κ3) is 7.78. The Balaban J connectivity index is 1.32. The maximum atomic E-state index is 14.5. The number of aliphatic carboxylic acids is 1. The molecule has 11 heteroatoms. The fourth-order valence-electron chi connectivity index (χ4n) is 10.8. The maximum absolute atomic E-state index is 14.5. The molecule has 0 amide bonds. The topological polar surface area (TPSA) is 158 Å². The quantitative estimate of drug-likeness (QED) is 0.196. The molecule has 11 nitrogen and oxygen atoms in total. The van der Waals surface area contributed by atoms with Crippen molar-refractivity contribution < 1.29 is 53.4 Å². The number of hydrogen-bond donors (Lipinski definition) is 3. The Kier molecular flexibility index (Phi) is 13.1. The third-order valence-corrected chi connectivity index (χ3v) is 14.6. The van der Waals surface area contributed by atoms with Crippen LogP contribution in [0.5, 0.6) is 0 Å². The van der Waals surface area contributed by atoms with E-state index in [9.17, 15) is 29.7 Å². The minimum atomic E-state index is -1.57. The molecule has 5 aliphatic heterocycles. The lowest BCUT2D eigenvalue weighted by molar-refractivity contribution is -0.378. The summed E-state index contributed by atoms with van der Waals surface area (Å²) in [5.74, 6) is -6.49. The molecule has 4 fully saturated rings. The highest BCUT2D eigenvalue weighted by molar-refractivity contribution is 5.97. The minimum absolute atomic E-state index is 0.0120. The minimum Gasteiger partial charge on any atom is -0.481 e. The van der Waals surface area contributed by atoms with E-state index < -0.39 is 76.8 Å². The van der Waals surface area contributed by atoms with Crippen LogP contribution in [-0.2, 0) is 38.1 Å². The molecule has 0 radical (unpaired) electrons. The smallest absolute Gasteiger partial charge is 0.309 e. The molecule has 5 aliphatic rings. The standard InChI is InChI=1S/C43H70O11/c1-12-30(35(46)27(8)34(45)28(9)36-23(4)21-24(5)37(51-36)31(13-2)39(47)48)38-25(6)22-26(7)42(52-38)18-15-32(44)43(54-42)20-19-40(11,53-43)33-16-17-41(49,14-3)29(10)50-33/h15,18,23-31,33-34,36-38,45,49H,12-14,16-17,19-22H2,1-11H3,(H,47,48). The number of carboxylic acids is 1. The second-order valence-electron chi connectivity index (χ2n) is 18.3. The molecule has 0 aromatic heterocycles. The van der Waals surface area contributed by atoms with Crippen molar-refractivity contribution in [2.45, 2.75) is 193 Å². The second-order valence-corrected chi connectivity index (χ2v) is 18.3. The molecule has 18 unspecified atom stereocenters. The van der Waals surface area contributed by atoms with Gasteiger partial charge in [0.05, 0.1) is 53.7 Å². The van der Waals surface area contributed by atoms with Crippen molar-refractivity contribution in [3.05, 3.63) is 12.2 Å². The van der Waals surface area contributed by atoms with Crippen LogP contribution >= 0.6 is 0 Å². The van der Waals surface area contributed by atoms with Gasteiger partial charge in [0.15, 0.2) is 5.79 Å². The van der Waals surface area contributed by atoms with E-state index in [1.165, 1.54) is 6.08 Å². The van der Waals surface area contributed by atoms with Crippen molar-refractivity contribution in [1.29, 1.82) is 0 Å². The van der Waals surface area contributed by atoms with Crippen LogP contribution in [0.2, 0.25) is 0 Å². The number of ketones is 2. The Morgan fingerprint density at radius 2 is 1.50 bits per heavy atom. The van der Waals surface area contributed by atoms with Crippen LogP contribution in [0.3, 0.4) is 0 Å². The molecular formula is C43H70O11. The van der Waals surface area contributed by atoms with Gasteiger partial charge in [0.1, 0.15) is 5.78 Å². The summed E-state index contributed by atoms with van der Waals surface area (Å²) in [5, 5.41) is 32.7. The average Bonchev–Trinajstić information content (AvgIpc) is 3.47. The van der Waals surface area contributed by atoms with Gasteiger partial charge in [-0.1, -0.05) is 62.3 Å². The first-order chi connectivity index (χ1) is 25.2. The molecule has 4 saturated heterocycles. The molecule has 0 aromatic rings. The van der Waals surface area contributed by atoms with E-state index in [4.69, 9.17) is 23.7 Å². The molecule has 0 saturated carbocycles. The van der Waals surface area contributed by atoms with Gasteiger partial charge in [-0.25, -0.2) is 0 Å². The molecule has 0 aliphatic carbocycles. The number of aliphatic hydroxyl groups excluding tert-OH is 1. The molecule has 2 spiro atoms. The number of carbonyl (C=O) groups is 3. The Bertz CT molecular complexity index is 1400. The lowest BCUT2D eigenvalue weighted by Crippen LogP contribution is -2.62. The van der Waals surface area contributed by atoms with Gasteiger partial charge in [-0.15, -0.1) is 0 Å². The van der Waals surface area contributed by atoms with Gasteiger partial charge < -0.3 is 39.0 Å². The molecule has 54 heavy (non-hydrogen) atoms. The zero-order valence-electron chi connectivity index (χ0n) is 34.7. The Labute approximate surface area is 323 Å². The van der Waals surface area contributed by atoms with Crippen molar-refractivity contribution in [1.82, 2.24) is 0 Å². The first kappa shape index (κ1) is 43.4. The normalized spacial score (nSPS) is 45.6. The Morgan fingerprint density at radius 1 is 0.870 bits per heavy atom. The van der Waals surface area contributed by atoms with E-state index in [-0.39, 0.29) is 47.4 Å². The zero-order valence-corrected chi connectivity index (χ0v) is 34.7. The molecule has 0 bridgehead atoms. The summed E-state index contributed by atoms with van der Waals surface area (Å²) in [4.78, 5) is 40.2. The summed E-state index contributed by atoms with van der Waals surface area (Å²) in [5.41, 5.74) is -1.71. The average molecular weight is 763 g/mol. The first-order valence-corrected chi connectivity index (χ1v) is 21.0. The van der Waals surface area contributed by atoms with Crippen LogP contribution in [0, 0.1) is 47.3 Å². The molecule has 0 aromatic carbocycles. The van der Waals surface area contributed by atoms with Gasteiger partial charge in [-0.2, -0.15) is 0 Å².